The highest BCUT2D eigenvalue weighted by Gasteiger charge is 2.37. The molecule has 0 bridgehead atoms. The normalized spacial score (nSPS) is 14.9. The molecule has 0 radical (unpaired) electrons. The molecule has 0 aromatic heterocycles. The number of aliphatic hydroxyl groups excluding tert-OH is 3. The maximum atomic E-state index is 10.9. The predicted molar refractivity (Wildman–Crippen MR) is 224 cm³/mol. The summed E-state index contributed by atoms with van der Waals surface area (Å²) in [7, 11) is 4.24. The van der Waals surface area contributed by atoms with Gasteiger partial charge < -0.3 is 72.5 Å². The van der Waals surface area contributed by atoms with Gasteiger partial charge in [-0.25, -0.2) is 0 Å². The van der Waals surface area contributed by atoms with E-state index >= 15 is 0 Å². The first-order chi connectivity index (χ1) is 27.0. The molecule has 0 amide bonds. The average molecular weight is 848 g/mol. The molecular formula is C37H85N5O12Si2. The Hall–Kier alpha value is -0.246. The average Bonchev–Trinajstić information content (AvgIpc) is 3.20. The van der Waals surface area contributed by atoms with E-state index in [1.165, 1.54) is 6.42 Å². The Kier molecular flexibility index (Phi) is 36.4. The van der Waals surface area contributed by atoms with E-state index in [0.717, 1.165) is 38.9 Å². The van der Waals surface area contributed by atoms with E-state index in [9.17, 15) is 15.3 Å². The Morgan fingerprint density at radius 1 is 0.554 bits per heavy atom. The Bertz CT molecular complexity index is 845. The zero-order valence-electron chi connectivity index (χ0n) is 36.5. The van der Waals surface area contributed by atoms with Gasteiger partial charge in [-0.2, -0.15) is 0 Å². The largest absolute Gasteiger partial charge is 0.500 e. The molecule has 56 heavy (non-hydrogen) atoms. The summed E-state index contributed by atoms with van der Waals surface area (Å²) >= 11 is 0. The van der Waals surface area contributed by atoms with Crippen molar-refractivity contribution < 1.29 is 56.1 Å². The molecule has 0 aliphatic carbocycles. The molecule has 338 valence electrons. The van der Waals surface area contributed by atoms with Crippen LogP contribution in [0.1, 0.15) is 52.4 Å². The fraction of sp³-hybridized carbons (Fsp3) is 1.00. The minimum Gasteiger partial charge on any atom is -0.389 e. The van der Waals surface area contributed by atoms with E-state index in [4.69, 9.17) is 46.5 Å². The first kappa shape index (κ1) is 55.8. The summed E-state index contributed by atoms with van der Waals surface area (Å²) in [4.78, 5) is 4.25. The molecule has 0 rings (SSSR count). The van der Waals surface area contributed by atoms with Crippen LogP contribution in [0.2, 0.25) is 12.1 Å². The number of ether oxygens (including phenoxy) is 3. The molecule has 17 nitrogen and oxygen atoms in total. The quantitative estimate of drug-likeness (QED) is 0.0368. The monoisotopic (exact) mass is 848 g/mol. The fourth-order valence-corrected chi connectivity index (χ4v) is 9.65. The standard InChI is InChI=1S/C37H85N5O12Si2/c1-9-11-14-34(10-2)30-54-33-37(45)29-42(28-36(44)32-53-24-13-26-56(49-6,50-7)51-8)22-19-40-18-21-41(20-17-39-16-15-38)27-35(43)31-52-23-12-25-55(46-3,47-4)48-5/h34-37,39-40,43-45H,9-33,38H2,1-8H3. The lowest BCUT2D eigenvalue weighted by Gasteiger charge is -2.28. The van der Waals surface area contributed by atoms with Crippen LogP contribution in [0, 0.1) is 5.92 Å². The van der Waals surface area contributed by atoms with Gasteiger partial charge in [0.05, 0.1) is 38.1 Å². The summed E-state index contributed by atoms with van der Waals surface area (Å²) in [5.74, 6) is 0.497. The number of nitrogens with zero attached hydrogens (tertiary/aromatic N) is 2. The number of hydrogen-bond acceptors (Lipinski definition) is 17. The van der Waals surface area contributed by atoms with E-state index in [-0.39, 0.29) is 19.8 Å². The second-order valence-corrected chi connectivity index (χ2v) is 20.4. The summed E-state index contributed by atoms with van der Waals surface area (Å²) in [6.07, 6.45) is 3.84. The molecule has 4 unspecified atom stereocenters. The van der Waals surface area contributed by atoms with E-state index in [2.05, 4.69) is 34.3 Å². The fourth-order valence-electron chi connectivity index (χ4n) is 6.27. The number of hydrogen-bond donors (Lipinski definition) is 6. The number of nitrogens with one attached hydrogen (secondary N) is 2. The van der Waals surface area contributed by atoms with Crippen LogP contribution in [0.15, 0.2) is 0 Å². The lowest BCUT2D eigenvalue weighted by atomic mass is 10.0. The van der Waals surface area contributed by atoms with Gasteiger partial charge in [0.1, 0.15) is 0 Å². The smallest absolute Gasteiger partial charge is 0.389 e. The van der Waals surface area contributed by atoms with E-state index < -0.39 is 35.9 Å². The van der Waals surface area contributed by atoms with E-state index in [0.29, 0.717) is 103 Å². The van der Waals surface area contributed by atoms with E-state index in [1.54, 1.807) is 42.7 Å². The predicted octanol–water partition coefficient (Wildman–Crippen LogP) is 0.614. The number of rotatable bonds is 43. The Morgan fingerprint density at radius 3 is 1.38 bits per heavy atom. The molecule has 0 aliphatic heterocycles. The van der Waals surface area contributed by atoms with Gasteiger partial charge in [-0.05, 0) is 25.2 Å². The highest BCUT2D eigenvalue weighted by Crippen LogP contribution is 2.16. The van der Waals surface area contributed by atoms with Crippen molar-refractivity contribution in [3.8, 4) is 0 Å². The number of nitrogens with two attached hydrogens (primary N) is 1. The minimum atomic E-state index is -2.67. The molecule has 0 fully saturated rings. The molecule has 0 heterocycles. The molecule has 0 spiro atoms. The summed E-state index contributed by atoms with van der Waals surface area (Å²) < 4.78 is 50.3. The third-order valence-electron chi connectivity index (χ3n) is 9.78. The number of unbranched alkanes of at least 4 members (excludes halogenated alkanes) is 1. The van der Waals surface area contributed by atoms with Crippen LogP contribution in [-0.2, 0) is 40.8 Å². The zero-order valence-corrected chi connectivity index (χ0v) is 38.5. The van der Waals surface area contributed by atoms with Crippen molar-refractivity contribution in [3.05, 3.63) is 0 Å². The van der Waals surface area contributed by atoms with Crippen LogP contribution >= 0.6 is 0 Å². The summed E-state index contributed by atoms with van der Waals surface area (Å²) in [6, 6.07) is 1.25. The molecule has 7 N–H and O–H groups in total. The second kappa shape index (κ2) is 36.6. The molecule has 0 aromatic carbocycles. The van der Waals surface area contributed by atoms with Crippen molar-refractivity contribution in [1.82, 2.24) is 20.4 Å². The van der Waals surface area contributed by atoms with Gasteiger partial charge in [0.2, 0.25) is 0 Å². The molecule has 4 atom stereocenters. The van der Waals surface area contributed by atoms with Crippen molar-refractivity contribution in [3.63, 3.8) is 0 Å². The van der Waals surface area contributed by atoms with Gasteiger partial charge in [0.15, 0.2) is 0 Å². The summed E-state index contributed by atoms with van der Waals surface area (Å²) in [5, 5.41) is 39.5. The van der Waals surface area contributed by atoms with Crippen LogP contribution in [0.5, 0.6) is 0 Å². The SMILES string of the molecule is CCCCC(CC)COCC(O)CN(CCNCCN(CCNCCN)CC(O)COCCC[Si](OC)(OC)OC)CC(O)COCCC[Si](OC)(OC)OC. The van der Waals surface area contributed by atoms with Gasteiger partial charge >= 0.3 is 17.6 Å². The summed E-state index contributed by atoms with van der Waals surface area (Å²) in [5.41, 5.74) is 5.66. The van der Waals surface area contributed by atoms with Gasteiger partial charge in [-0.3, -0.25) is 9.80 Å². The zero-order chi connectivity index (χ0) is 41.9. The first-order valence-electron chi connectivity index (χ1n) is 20.7. The van der Waals surface area contributed by atoms with Crippen LogP contribution in [0.25, 0.3) is 0 Å². The van der Waals surface area contributed by atoms with Crippen LogP contribution in [-0.4, -0.2) is 215 Å². The maximum absolute atomic E-state index is 10.9. The highest BCUT2D eigenvalue weighted by atomic mass is 28.4. The topological polar surface area (TPSA) is 200 Å². The maximum Gasteiger partial charge on any atom is 0.500 e. The van der Waals surface area contributed by atoms with Crippen molar-refractivity contribution >= 4 is 17.6 Å². The molecule has 19 heteroatoms. The van der Waals surface area contributed by atoms with Gasteiger partial charge in [-0.1, -0.05) is 33.1 Å². The molecular weight excluding hydrogens is 763 g/mol. The van der Waals surface area contributed by atoms with Gasteiger partial charge in [0.25, 0.3) is 0 Å². The van der Waals surface area contributed by atoms with Crippen LogP contribution in [0.3, 0.4) is 0 Å². The first-order valence-corrected chi connectivity index (χ1v) is 24.6. The number of aliphatic hydroxyl groups is 3. The molecule has 0 aromatic rings. The lowest BCUT2D eigenvalue weighted by Crippen LogP contribution is -2.45. The van der Waals surface area contributed by atoms with E-state index in [1.807, 2.05) is 0 Å². The van der Waals surface area contributed by atoms with Gasteiger partial charge in [0, 0.05) is 147 Å². The second-order valence-electron chi connectivity index (χ2n) is 14.2. The third kappa shape index (κ3) is 27.5. The van der Waals surface area contributed by atoms with Crippen LogP contribution < -0.4 is 16.4 Å². The Balaban J connectivity index is 5.07. The highest BCUT2D eigenvalue weighted by molar-refractivity contribution is 6.60. The minimum absolute atomic E-state index is 0.169. The van der Waals surface area contributed by atoms with Crippen molar-refractivity contribution in [2.75, 3.05) is 154 Å². The summed E-state index contributed by atoms with van der Waals surface area (Å²) in [6.45, 7) is 13.2. The molecule has 0 saturated heterocycles. The molecule has 0 aliphatic rings. The van der Waals surface area contributed by atoms with Crippen molar-refractivity contribution in [2.24, 2.45) is 11.7 Å². The van der Waals surface area contributed by atoms with Gasteiger partial charge in [-0.15, -0.1) is 0 Å². The van der Waals surface area contributed by atoms with Crippen molar-refractivity contribution in [1.29, 1.82) is 0 Å². The Labute approximate surface area is 342 Å². The molecule has 0 saturated carbocycles. The van der Waals surface area contributed by atoms with Crippen LogP contribution in [0.4, 0.5) is 0 Å². The van der Waals surface area contributed by atoms with Crippen molar-refractivity contribution in [2.45, 2.75) is 82.8 Å². The lowest BCUT2D eigenvalue weighted by molar-refractivity contribution is -0.0160. The Morgan fingerprint density at radius 2 is 0.964 bits per heavy atom. The third-order valence-corrected chi connectivity index (χ3v) is 15.4.